The van der Waals surface area contributed by atoms with Crippen molar-refractivity contribution < 1.29 is 52.5 Å². The average molecular weight is 496 g/mol. The lowest BCUT2D eigenvalue weighted by Crippen LogP contribution is -2.56. The number of anilines is 1. The van der Waals surface area contributed by atoms with E-state index in [-0.39, 0.29) is 5.82 Å². The number of rotatable bonds is 11. The third-order valence-electron chi connectivity index (χ3n) is 4.16. The van der Waals surface area contributed by atoms with Crippen LogP contribution in [-0.2, 0) is 52.5 Å². The molecule has 1 aromatic rings. The van der Waals surface area contributed by atoms with Crippen LogP contribution in [0.1, 0.15) is 40.2 Å². The molecule has 0 saturated heterocycles. The Bertz CT molecular complexity index is 962. The lowest BCUT2D eigenvalue weighted by Gasteiger charge is -2.34. The number of esters is 5. The number of aryl methyl sites for hydroxylation is 1. The minimum Gasteiger partial charge on any atom is -0.462 e. The molecule has 0 aromatic carbocycles. The molecule has 4 unspecified atom stereocenters. The van der Waals surface area contributed by atoms with Crippen molar-refractivity contribution in [1.82, 2.24) is 4.98 Å². The second kappa shape index (κ2) is 13.6. The fourth-order valence-electron chi connectivity index (χ4n) is 2.90. The van der Waals surface area contributed by atoms with E-state index in [4.69, 9.17) is 23.7 Å². The summed E-state index contributed by atoms with van der Waals surface area (Å²) >= 11 is 0. The Balaban J connectivity index is 3.55. The molecule has 1 amide bonds. The van der Waals surface area contributed by atoms with Crippen LogP contribution in [0, 0.1) is 6.92 Å². The summed E-state index contributed by atoms with van der Waals surface area (Å²) in [5.74, 6) is -5.29. The van der Waals surface area contributed by atoms with E-state index in [1.165, 1.54) is 6.20 Å². The highest BCUT2D eigenvalue weighted by molar-refractivity contribution is 5.95. The topological polar surface area (TPSA) is 173 Å². The molecule has 1 rings (SSSR count). The number of carbonyl (C=O) groups excluding carboxylic acids is 6. The number of carbonyl (C=O) groups is 6. The third-order valence-corrected chi connectivity index (χ3v) is 4.16. The molecule has 1 heterocycles. The van der Waals surface area contributed by atoms with E-state index in [1.807, 2.05) is 0 Å². The predicted octanol–water partition coefficient (Wildman–Crippen LogP) is 0.618. The van der Waals surface area contributed by atoms with Crippen molar-refractivity contribution >= 4 is 41.6 Å². The average Bonchev–Trinajstić information content (AvgIpc) is 2.72. The van der Waals surface area contributed by atoms with Crippen LogP contribution in [0.4, 0.5) is 5.82 Å². The number of nitrogens with one attached hydrogen (secondary N) is 1. The number of nitrogens with zero attached hydrogens (tertiary/aromatic N) is 1. The second-order valence-corrected chi connectivity index (χ2v) is 7.29. The molecule has 0 aliphatic heterocycles. The van der Waals surface area contributed by atoms with Crippen molar-refractivity contribution in [2.75, 3.05) is 11.9 Å². The Labute approximate surface area is 201 Å². The van der Waals surface area contributed by atoms with Crippen molar-refractivity contribution in [3.63, 3.8) is 0 Å². The molecular weight excluding hydrogens is 468 g/mol. The molecule has 0 radical (unpaired) electrons. The maximum Gasteiger partial charge on any atom is 0.303 e. The summed E-state index contributed by atoms with van der Waals surface area (Å²) in [5, 5.41) is 2.46. The van der Waals surface area contributed by atoms with Crippen LogP contribution in [0.5, 0.6) is 0 Å². The first-order valence-corrected chi connectivity index (χ1v) is 10.4. The summed E-state index contributed by atoms with van der Waals surface area (Å²) in [6, 6.07) is 3.29. The predicted molar refractivity (Wildman–Crippen MR) is 116 cm³/mol. The van der Waals surface area contributed by atoms with Gasteiger partial charge in [0.2, 0.25) is 6.10 Å². The van der Waals surface area contributed by atoms with E-state index in [1.54, 1.807) is 19.1 Å². The number of pyridine rings is 1. The Kier molecular flexibility index (Phi) is 11.3. The van der Waals surface area contributed by atoms with Crippen molar-refractivity contribution in [2.45, 2.75) is 66.0 Å². The SMILES string of the molecule is CC(=O)OCC(OC(C)=O)C(OC(C)=O)C(OC(C)=O)C(OC(C)=O)C(=O)Nc1ncccc1C. The minimum atomic E-state index is -1.89. The number of hydrogen-bond acceptors (Lipinski definition) is 12. The summed E-state index contributed by atoms with van der Waals surface area (Å²) in [6.45, 7) is 6.15. The first-order chi connectivity index (χ1) is 16.3. The largest absolute Gasteiger partial charge is 0.462 e. The summed E-state index contributed by atoms with van der Waals surface area (Å²) in [5.41, 5.74) is 0.565. The molecule has 0 fully saturated rings. The molecule has 0 bridgehead atoms. The van der Waals surface area contributed by atoms with Crippen LogP contribution >= 0.6 is 0 Å². The van der Waals surface area contributed by atoms with Gasteiger partial charge in [0, 0.05) is 40.8 Å². The standard InChI is InChI=1S/C22H28N2O11/c1-11-8-7-9-23-21(11)24-22(30)20(35-16(6)29)19(34-15(5)28)18(33-14(4)27)17(32-13(3)26)10-31-12(2)25/h7-9,17-20H,10H2,1-6H3,(H,23,24,30). The summed E-state index contributed by atoms with van der Waals surface area (Å²) in [6.07, 6.45) is -5.56. The van der Waals surface area contributed by atoms with Crippen LogP contribution in [0.3, 0.4) is 0 Å². The van der Waals surface area contributed by atoms with E-state index in [9.17, 15) is 28.8 Å². The van der Waals surface area contributed by atoms with Gasteiger partial charge in [-0.2, -0.15) is 0 Å². The van der Waals surface area contributed by atoms with Crippen LogP contribution < -0.4 is 5.32 Å². The number of aromatic nitrogens is 1. The molecule has 13 heteroatoms. The Morgan fingerprint density at radius 1 is 0.800 bits per heavy atom. The lowest BCUT2D eigenvalue weighted by atomic mass is 10.0. The highest BCUT2D eigenvalue weighted by Gasteiger charge is 2.47. The zero-order valence-corrected chi connectivity index (χ0v) is 20.2. The van der Waals surface area contributed by atoms with Gasteiger partial charge in [-0.3, -0.25) is 28.8 Å². The van der Waals surface area contributed by atoms with Gasteiger partial charge in [0.15, 0.2) is 18.3 Å². The molecule has 13 nitrogen and oxygen atoms in total. The number of ether oxygens (including phenoxy) is 5. The highest BCUT2D eigenvalue weighted by Crippen LogP contribution is 2.22. The van der Waals surface area contributed by atoms with E-state index in [0.29, 0.717) is 5.56 Å². The van der Waals surface area contributed by atoms with E-state index in [2.05, 4.69) is 10.3 Å². The number of amides is 1. The van der Waals surface area contributed by atoms with Gasteiger partial charge in [-0.25, -0.2) is 4.98 Å². The van der Waals surface area contributed by atoms with Crippen LogP contribution in [0.25, 0.3) is 0 Å². The summed E-state index contributed by atoms with van der Waals surface area (Å²) < 4.78 is 25.6. The van der Waals surface area contributed by atoms with Gasteiger partial charge in [-0.15, -0.1) is 0 Å². The molecule has 192 valence electrons. The fourth-order valence-corrected chi connectivity index (χ4v) is 2.90. The Hall–Kier alpha value is -4.03. The summed E-state index contributed by atoms with van der Waals surface area (Å²) in [4.78, 5) is 75.9. The van der Waals surface area contributed by atoms with Gasteiger partial charge < -0.3 is 29.0 Å². The summed E-state index contributed by atoms with van der Waals surface area (Å²) in [7, 11) is 0. The number of hydrogen-bond donors (Lipinski definition) is 1. The molecular formula is C22H28N2O11. The maximum absolute atomic E-state index is 13.2. The van der Waals surface area contributed by atoms with Gasteiger partial charge in [0.05, 0.1) is 0 Å². The van der Waals surface area contributed by atoms with E-state index < -0.39 is 66.8 Å². The van der Waals surface area contributed by atoms with Crippen molar-refractivity contribution in [3.05, 3.63) is 23.9 Å². The molecule has 35 heavy (non-hydrogen) atoms. The van der Waals surface area contributed by atoms with E-state index in [0.717, 1.165) is 34.6 Å². The van der Waals surface area contributed by atoms with Crippen LogP contribution in [0.2, 0.25) is 0 Å². The second-order valence-electron chi connectivity index (χ2n) is 7.29. The van der Waals surface area contributed by atoms with Gasteiger partial charge >= 0.3 is 29.8 Å². The molecule has 0 spiro atoms. The van der Waals surface area contributed by atoms with Crippen molar-refractivity contribution in [2.24, 2.45) is 0 Å². The minimum absolute atomic E-state index is 0.122. The van der Waals surface area contributed by atoms with E-state index >= 15 is 0 Å². The van der Waals surface area contributed by atoms with Crippen molar-refractivity contribution in [3.8, 4) is 0 Å². The van der Waals surface area contributed by atoms with Gasteiger partial charge in [-0.1, -0.05) is 6.07 Å². The fraction of sp³-hybridized carbons (Fsp3) is 0.500. The zero-order chi connectivity index (χ0) is 26.7. The van der Waals surface area contributed by atoms with Crippen LogP contribution in [0.15, 0.2) is 18.3 Å². The monoisotopic (exact) mass is 496 g/mol. The molecule has 1 aromatic heterocycles. The molecule has 0 aliphatic rings. The van der Waals surface area contributed by atoms with Crippen LogP contribution in [-0.4, -0.2) is 71.8 Å². The first-order valence-electron chi connectivity index (χ1n) is 10.4. The van der Waals surface area contributed by atoms with Gasteiger partial charge in [0.1, 0.15) is 12.4 Å². The molecule has 4 atom stereocenters. The third kappa shape index (κ3) is 10.2. The highest BCUT2D eigenvalue weighted by atomic mass is 16.6. The van der Waals surface area contributed by atoms with Gasteiger partial charge in [0.25, 0.3) is 5.91 Å². The normalized spacial score (nSPS) is 13.8. The Morgan fingerprint density at radius 3 is 1.83 bits per heavy atom. The molecule has 0 aliphatic carbocycles. The zero-order valence-electron chi connectivity index (χ0n) is 20.2. The molecule has 0 saturated carbocycles. The smallest absolute Gasteiger partial charge is 0.303 e. The lowest BCUT2D eigenvalue weighted by molar-refractivity contribution is -0.202. The van der Waals surface area contributed by atoms with Gasteiger partial charge in [-0.05, 0) is 18.6 Å². The quantitative estimate of drug-likeness (QED) is 0.335. The molecule has 1 N–H and O–H groups in total. The Morgan fingerprint density at radius 2 is 1.34 bits per heavy atom. The van der Waals surface area contributed by atoms with Crippen molar-refractivity contribution in [1.29, 1.82) is 0 Å². The first kappa shape index (κ1) is 29.0. The maximum atomic E-state index is 13.2.